The summed E-state index contributed by atoms with van der Waals surface area (Å²) < 4.78 is 21.4. The largest absolute Gasteiger partial charge is 0.543 e. The zero-order valence-corrected chi connectivity index (χ0v) is 26.9. The lowest BCUT2D eigenvalue weighted by Gasteiger charge is -2.38. The summed E-state index contributed by atoms with van der Waals surface area (Å²) in [6.45, 7) is 10.6. The quantitative estimate of drug-likeness (QED) is 0.136. The van der Waals surface area contributed by atoms with Crippen LogP contribution in [0.15, 0.2) is 66.3 Å². The van der Waals surface area contributed by atoms with E-state index in [1.165, 1.54) is 28.4 Å². The fraction of sp³-hybridized carbons (Fsp3) is 0.250. The molecule has 7 nitrogen and oxygen atoms in total. The van der Waals surface area contributed by atoms with Gasteiger partial charge in [0.05, 0.1) is 0 Å². The smallest absolute Gasteiger partial charge is 0.255 e. The van der Waals surface area contributed by atoms with Crippen LogP contribution >= 0.6 is 22.9 Å². The van der Waals surface area contributed by atoms with Crippen LogP contribution in [0.25, 0.3) is 0 Å². The molecule has 0 spiro atoms. The second-order valence-electron chi connectivity index (χ2n) is 11.7. The summed E-state index contributed by atoms with van der Waals surface area (Å²) in [6, 6.07) is 11.7. The zero-order valence-electron chi connectivity index (χ0n) is 24.4. The number of rotatable bonds is 6. The van der Waals surface area contributed by atoms with Crippen LogP contribution in [0, 0.1) is 17.7 Å². The first kappa shape index (κ1) is 30.4. The Balaban J connectivity index is 1.54. The van der Waals surface area contributed by atoms with Crippen LogP contribution in [-0.4, -0.2) is 35.0 Å². The Morgan fingerprint density at radius 2 is 1.84 bits per heavy atom. The number of pyridine rings is 1. The Morgan fingerprint density at radius 3 is 2.51 bits per heavy atom. The molecule has 0 saturated carbocycles. The van der Waals surface area contributed by atoms with E-state index < -0.39 is 26.1 Å². The SMILES string of the molecule is CC(C)(C)[Si](C)(C)Oc1ccc(F)cc1C(C(=O)Nc1nccs1)N1Cc2ccc(C#Cc3ccnc(Cl)c3)cc2C1=O. The number of anilines is 1. The molecule has 1 unspecified atom stereocenters. The highest BCUT2D eigenvalue weighted by Crippen LogP contribution is 2.42. The number of carbonyl (C=O) groups is 2. The van der Waals surface area contributed by atoms with E-state index in [-0.39, 0.29) is 23.1 Å². The van der Waals surface area contributed by atoms with Crippen molar-refractivity contribution in [1.29, 1.82) is 0 Å². The Hall–Kier alpha value is -4.04. The molecular weight excluding hydrogens is 603 g/mol. The van der Waals surface area contributed by atoms with E-state index in [1.54, 1.807) is 42.0 Å². The summed E-state index contributed by atoms with van der Waals surface area (Å²) in [5.74, 6) is 5.05. The normalized spacial score (nSPS) is 13.7. The van der Waals surface area contributed by atoms with E-state index in [9.17, 15) is 14.0 Å². The molecule has 2 amide bonds. The average molecular weight is 633 g/mol. The van der Waals surface area contributed by atoms with Crippen molar-refractivity contribution in [2.75, 3.05) is 5.32 Å². The van der Waals surface area contributed by atoms with Crippen LogP contribution in [0.1, 0.15) is 59.4 Å². The zero-order chi connectivity index (χ0) is 30.9. The summed E-state index contributed by atoms with van der Waals surface area (Å²) in [5.41, 5.74) is 2.74. The standard InChI is InChI=1S/C32H30ClFN4O3SSi/c1-32(2,3)43(4,5)41-26-11-10-23(34)18-25(26)28(29(39)37-31-36-14-15-42-31)38-19-22-9-8-20(16-24(22)30(38)40)6-7-21-12-13-35-27(33)17-21/h8-18,28H,19H2,1-5H3,(H,36,37,39). The first-order chi connectivity index (χ1) is 20.3. The van der Waals surface area contributed by atoms with Crippen molar-refractivity contribution in [3.63, 3.8) is 0 Å². The maximum atomic E-state index is 14.8. The second-order valence-corrected chi connectivity index (χ2v) is 17.7. The summed E-state index contributed by atoms with van der Waals surface area (Å²) in [5, 5.41) is 5.09. The Morgan fingerprint density at radius 1 is 1.09 bits per heavy atom. The van der Waals surface area contributed by atoms with Gasteiger partial charge in [-0.1, -0.05) is 50.3 Å². The minimum absolute atomic E-state index is 0.147. The van der Waals surface area contributed by atoms with Crippen molar-refractivity contribution >= 4 is 48.2 Å². The molecule has 0 bridgehead atoms. The minimum Gasteiger partial charge on any atom is -0.543 e. The molecule has 220 valence electrons. The molecule has 0 radical (unpaired) electrons. The molecule has 1 atom stereocenters. The lowest BCUT2D eigenvalue weighted by atomic mass is 10.0. The maximum absolute atomic E-state index is 14.8. The third kappa shape index (κ3) is 6.64. The van der Waals surface area contributed by atoms with Gasteiger partial charge in [0.2, 0.25) is 8.32 Å². The van der Waals surface area contributed by atoms with Gasteiger partial charge in [-0.15, -0.1) is 11.3 Å². The number of nitrogens with zero attached hydrogens (tertiary/aromatic N) is 3. The lowest BCUT2D eigenvalue weighted by Crippen LogP contribution is -2.45. The third-order valence-electron chi connectivity index (χ3n) is 7.68. The van der Waals surface area contributed by atoms with Crippen LogP contribution in [0.5, 0.6) is 5.75 Å². The Kier molecular flexibility index (Phi) is 8.43. The van der Waals surface area contributed by atoms with Crippen molar-refractivity contribution in [1.82, 2.24) is 14.9 Å². The molecule has 4 aromatic rings. The molecule has 0 fully saturated rings. The maximum Gasteiger partial charge on any atom is 0.255 e. The predicted molar refractivity (Wildman–Crippen MR) is 169 cm³/mol. The lowest BCUT2D eigenvalue weighted by molar-refractivity contribution is -0.120. The fourth-order valence-electron chi connectivity index (χ4n) is 4.40. The molecule has 1 N–H and O–H groups in total. The molecule has 0 aliphatic carbocycles. The number of hydrogen-bond acceptors (Lipinski definition) is 6. The van der Waals surface area contributed by atoms with E-state index in [0.29, 0.717) is 32.7 Å². The van der Waals surface area contributed by atoms with Gasteiger partial charge in [0, 0.05) is 46.6 Å². The van der Waals surface area contributed by atoms with Gasteiger partial charge in [0.15, 0.2) is 5.13 Å². The molecule has 1 aliphatic rings. The number of halogens is 2. The van der Waals surface area contributed by atoms with Crippen molar-refractivity contribution in [3.8, 4) is 17.6 Å². The van der Waals surface area contributed by atoms with Crippen LogP contribution in [-0.2, 0) is 11.3 Å². The summed E-state index contributed by atoms with van der Waals surface area (Å²) in [6.07, 6.45) is 3.14. The number of hydrogen-bond donors (Lipinski definition) is 1. The highest BCUT2D eigenvalue weighted by molar-refractivity contribution is 7.13. The van der Waals surface area contributed by atoms with E-state index in [4.69, 9.17) is 16.0 Å². The molecule has 0 saturated heterocycles. The van der Waals surface area contributed by atoms with Gasteiger partial charge in [0.25, 0.3) is 11.8 Å². The minimum atomic E-state index is -2.40. The second kappa shape index (κ2) is 11.9. The van der Waals surface area contributed by atoms with E-state index in [2.05, 4.69) is 61.0 Å². The molecule has 3 heterocycles. The first-order valence-corrected chi connectivity index (χ1v) is 17.8. The van der Waals surface area contributed by atoms with Gasteiger partial charge in [-0.25, -0.2) is 14.4 Å². The summed E-state index contributed by atoms with van der Waals surface area (Å²) >= 11 is 7.22. The van der Waals surface area contributed by atoms with Crippen LogP contribution < -0.4 is 9.74 Å². The molecule has 2 aromatic carbocycles. The highest BCUT2D eigenvalue weighted by Gasteiger charge is 2.43. The van der Waals surface area contributed by atoms with Gasteiger partial charge in [-0.05, 0) is 66.2 Å². The van der Waals surface area contributed by atoms with Crippen LogP contribution in [0.2, 0.25) is 23.3 Å². The molecule has 2 aromatic heterocycles. The fourth-order valence-corrected chi connectivity index (χ4v) is 6.15. The Bertz CT molecular complexity index is 1760. The number of amides is 2. The van der Waals surface area contributed by atoms with Crippen molar-refractivity contribution in [2.45, 2.75) is 51.5 Å². The van der Waals surface area contributed by atoms with Crippen molar-refractivity contribution in [3.05, 3.63) is 105 Å². The Labute approximate surface area is 260 Å². The summed E-state index contributed by atoms with van der Waals surface area (Å²) in [7, 11) is -2.40. The van der Waals surface area contributed by atoms with Gasteiger partial charge >= 0.3 is 0 Å². The van der Waals surface area contributed by atoms with Gasteiger partial charge < -0.3 is 9.33 Å². The van der Waals surface area contributed by atoms with Gasteiger partial charge in [0.1, 0.15) is 22.8 Å². The molecule has 1 aliphatic heterocycles. The molecule has 5 rings (SSSR count). The molecule has 43 heavy (non-hydrogen) atoms. The van der Waals surface area contributed by atoms with Crippen molar-refractivity contribution < 1.29 is 18.4 Å². The van der Waals surface area contributed by atoms with Gasteiger partial charge in [-0.3, -0.25) is 14.9 Å². The van der Waals surface area contributed by atoms with Gasteiger partial charge in [-0.2, -0.15) is 0 Å². The molecule has 11 heteroatoms. The van der Waals surface area contributed by atoms with Crippen LogP contribution in [0.3, 0.4) is 0 Å². The number of carbonyl (C=O) groups excluding carboxylic acids is 2. The number of aromatic nitrogens is 2. The first-order valence-electron chi connectivity index (χ1n) is 13.6. The number of benzene rings is 2. The number of fused-ring (bicyclic) bond motifs is 1. The summed E-state index contributed by atoms with van der Waals surface area (Å²) in [4.78, 5) is 37.5. The van der Waals surface area contributed by atoms with E-state index in [0.717, 1.165) is 5.56 Å². The highest BCUT2D eigenvalue weighted by atomic mass is 35.5. The monoisotopic (exact) mass is 632 g/mol. The topological polar surface area (TPSA) is 84.4 Å². The van der Waals surface area contributed by atoms with Crippen molar-refractivity contribution in [2.24, 2.45) is 0 Å². The third-order valence-corrected chi connectivity index (χ3v) is 12.9. The van der Waals surface area contributed by atoms with E-state index >= 15 is 0 Å². The molecular formula is C32H30ClFN4O3SSi. The number of thiazole rings is 1. The van der Waals surface area contributed by atoms with Crippen LogP contribution in [0.4, 0.5) is 9.52 Å². The average Bonchev–Trinajstić information content (AvgIpc) is 3.56. The predicted octanol–water partition coefficient (Wildman–Crippen LogP) is 7.45. The van der Waals surface area contributed by atoms with E-state index in [1.807, 2.05) is 12.1 Å². The number of nitrogens with one attached hydrogen (secondary N) is 1.